The highest BCUT2D eigenvalue weighted by molar-refractivity contribution is 5.60. The van der Waals surface area contributed by atoms with E-state index in [4.69, 9.17) is 9.47 Å². The van der Waals surface area contributed by atoms with Gasteiger partial charge in [0.2, 0.25) is 0 Å². The molecule has 128 valence electrons. The van der Waals surface area contributed by atoms with Crippen LogP contribution in [0.4, 0.5) is 5.82 Å². The number of methoxy groups -OCH3 is 1. The zero-order chi connectivity index (χ0) is 16.6. The van der Waals surface area contributed by atoms with Crippen molar-refractivity contribution in [3.05, 3.63) is 30.9 Å². The predicted molar refractivity (Wildman–Crippen MR) is 92.2 cm³/mol. The first-order valence-electron chi connectivity index (χ1n) is 8.20. The van der Waals surface area contributed by atoms with Crippen molar-refractivity contribution >= 4 is 5.82 Å². The molecule has 1 N–H and O–H groups in total. The molecule has 0 atom stereocenters. The van der Waals surface area contributed by atoms with E-state index < -0.39 is 0 Å². The molecule has 1 fully saturated rings. The zero-order valence-corrected chi connectivity index (χ0v) is 13.9. The van der Waals surface area contributed by atoms with Crippen molar-refractivity contribution in [2.75, 3.05) is 51.8 Å². The van der Waals surface area contributed by atoms with E-state index in [1.54, 1.807) is 31.9 Å². The first kappa shape index (κ1) is 16.6. The first-order chi connectivity index (χ1) is 11.8. The Morgan fingerprint density at radius 3 is 2.83 bits per heavy atom. The summed E-state index contributed by atoms with van der Waals surface area (Å²) >= 11 is 0. The predicted octanol–water partition coefficient (Wildman–Crippen LogP) is 1.68. The Balaban J connectivity index is 1.53. The van der Waals surface area contributed by atoms with Crippen molar-refractivity contribution in [1.29, 1.82) is 0 Å². The fraction of sp³-hybridized carbons (Fsp3) is 0.471. The van der Waals surface area contributed by atoms with Crippen molar-refractivity contribution in [2.24, 2.45) is 0 Å². The molecule has 0 saturated carbocycles. The van der Waals surface area contributed by atoms with Crippen LogP contribution in [0.5, 0.6) is 5.75 Å². The lowest BCUT2D eigenvalue weighted by Crippen LogP contribution is -2.37. The van der Waals surface area contributed by atoms with Crippen molar-refractivity contribution in [2.45, 2.75) is 6.42 Å². The lowest BCUT2D eigenvalue weighted by molar-refractivity contribution is 0.0378. The number of morpholine rings is 1. The molecule has 24 heavy (non-hydrogen) atoms. The van der Waals surface area contributed by atoms with Gasteiger partial charge in [0, 0.05) is 31.4 Å². The van der Waals surface area contributed by atoms with Crippen LogP contribution in [0.1, 0.15) is 6.42 Å². The minimum absolute atomic E-state index is 0.707. The second-order valence-electron chi connectivity index (χ2n) is 5.64. The molecule has 0 amide bonds. The molecule has 1 aliphatic rings. The smallest absolute Gasteiger partial charge is 0.145 e. The van der Waals surface area contributed by atoms with Gasteiger partial charge in [0.1, 0.15) is 11.6 Å². The van der Waals surface area contributed by atoms with Crippen LogP contribution >= 0.6 is 0 Å². The number of pyridine rings is 1. The van der Waals surface area contributed by atoms with Gasteiger partial charge in [-0.25, -0.2) is 4.98 Å². The summed E-state index contributed by atoms with van der Waals surface area (Å²) in [4.78, 5) is 15.5. The van der Waals surface area contributed by atoms with Crippen molar-refractivity contribution in [3.63, 3.8) is 0 Å². The molecule has 7 nitrogen and oxygen atoms in total. The van der Waals surface area contributed by atoms with E-state index in [2.05, 4.69) is 25.2 Å². The number of hydrogen-bond donors (Lipinski definition) is 1. The van der Waals surface area contributed by atoms with Crippen LogP contribution in [0, 0.1) is 0 Å². The summed E-state index contributed by atoms with van der Waals surface area (Å²) in [7, 11) is 1.62. The molecular weight excluding hydrogens is 306 g/mol. The Morgan fingerprint density at radius 2 is 2.00 bits per heavy atom. The Morgan fingerprint density at radius 1 is 1.17 bits per heavy atom. The number of ether oxygens (including phenoxy) is 2. The molecule has 2 aromatic rings. The van der Waals surface area contributed by atoms with Crippen molar-refractivity contribution in [1.82, 2.24) is 19.9 Å². The van der Waals surface area contributed by atoms with Crippen molar-refractivity contribution < 1.29 is 9.47 Å². The van der Waals surface area contributed by atoms with Crippen LogP contribution in [0.3, 0.4) is 0 Å². The molecule has 3 rings (SSSR count). The molecule has 2 aromatic heterocycles. The van der Waals surface area contributed by atoms with Gasteiger partial charge in [-0.15, -0.1) is 0 Å². The normalized spacial score (nSPS) is 15.2. The number of rotatable bonds is 7. The first-order valence-corrected chi connectivity index (χ1v) is 8.20. The van der Waals surface area contributed by atoms with Crippen LogP contribution in [-0.4, -0.2) is 66.4 Å². The van der Waals surface area contributed by atoms with Crippen LogP contribution in [0.25, 0.3) is 11.3 Å². The molecule has 0 radical (unpaired) electrons. The molecule has 1 saturated heterocycles. The zero-order valence-electron chi connectivity index (χ0n) is 13.9. The summed E-state index contributed by atoms with van der Waals surface area (Å²) in [6.07, 6.45) is 7.97. The lowest BCUT2D eigenvalue weighted by Gasteiger charge is -2.26. The molecule has 0 spiro atoms. The van der Waals surface area contributed by atoms with Gasteiger partial charge in [-0.05, 0) is 19.0 Å². The van der Waals surface area contributed by atoms with E-state index in [0.29, 0.717) is 5.75 Å². The van der Waals surface area contributed by atoms with Crippen LogP contribution in [-0.2, 0) is 4.74 Å². The number of aromatic nitrogens is 3. The highest BCUT2D eigenvalue weighted by atomic mass is 16.5. The average molecular weight is 329 g/mol. The van der Waals surface area contributed by atoms with E-state index in [-0.39, 0.29) is 0 Å². The number of anilines is 1. The van der Waals surface area contributed by atoms with Gasteiger partial charge in [-0.3, -0.25) is 14.9 Å². The lowest BCUT2D eigenvalue weighted by atomic mass is 10.2. The van der Waals surface area contributed by atoms with Gasteiger partial charge < -0.3 is 14.8 Å². The molecule has 0 unspecified atom stereocenters. The molecular formula is C17H23N5O2. The van der Waals surface area contributed by atoms with Crippen LogP contribution in [0.15, 0.2) is 30.9 Å². The summed E-state index contributed by atoms with van der Waals surface area (Å²) < 4.78 is 10.6. The standard InChI is InChI=1S/C17H23N5O2/c1-23-15-9-14(10-18-11-15)16-12-19-13-17(21-16)20-3-2-4-22-5-7-24-8-6-22/h9-13H,2-8H2,1H3,(H,20,21). The highest BCUT2D eigenvalue weighted by Crippen LogP contribution is 2.21. The third-order valence-electron chi connectivity index (χ3n) is 3.94. The maximum absolute atomic E-state index is 5.36. The van der Waals surface area contributed by atoms with E-state index in [0.717, 1.165) is 62.9 Å². The van der Waals surface area contributed by atoms with Crippen LogP contribution < -0.4 is 10.1 Å². The highest BCUT2D eigenvalue weighted by Gasteiger charge is 2.09. The summed E-state index contributed by atoms with van der Waals surface area (Å²) in [6, 6.07) is 1.90. The topological polar surface area (TPSA) is 72.4 Å². The third kappa shape index (κ3) is 4.62. The number of nitrogens with one attached hydrogen (secondary N) is 1. The maximum atomic E-state index is 5.36. The number of nitrogens with zero attached hydrogens (tertiary/aromatic N) is 4. The SMILES string of the molecule is COc1cncc(-c2cncc(NCCCN3CCOCC3)n2)c1. The minimum Gasteiger partial charge on any atom is -0.495 e. The minimum atomic E-state index is 0.707. The van der Waals surface area contributed by atoms with Gasteiger partial charge in [-0.2, -0.15) is 0 Å². The molecule has 0 aliphatic carbocycles. The molecule has 7 heteroatoms. The molecule has 3 heterocycles. The largest absolute Gasteiger partial charge is 0.495 e. The second-order valence-corrected chi connectivity index (χ2v) is 5.64. The fourth-order valence-electron chi connectivity index (χ4n) is 2.60. The van der Waals surface area contributed by atoms with E-state index >= 15 is 0 Å². The molecule has 1 aliphatic heterocycles. The van der Waals surface area contributed by atoms with Gasteiger partial charge in [0.05, 0.1) is 44.6 Å². The number of hydrogen-bond acceptors (Lipinski definition) is 7. The average Bonchev–Trinajstić information content (AvgIpc) is 2.66. The van der Waals surface area contributed by atoms with Crippen molar-refractivity contribution in [3.8, 4) is 17.0 Å². The van der Waals surface area contributed by atoms with Gasteiger partial charge in [0.15, 0.2) is 0 Å². The van der Waals surface area contributed by atoms with Gasteiger partial charge in [0.25, 0.3) is 0 Å². The van der Waals surface area contributed by atoms with Gasteiger partial charge in [-0.1, -0.05) is 0 Å². The monoisotopic (exact) mass is 329 g/mol. The Kier molecular flexibility index (Phi) is 5.92. The third-order valence-corrected chi connectivity index (χ3v) is 3.94. The van der Waals surface area contributed by atoms with Gasteiger partial charge >= 0.3 is 0 Å². The molecule has 0 bridgehead atoms. The second kappa shape index (κ2) is 8.56. The maximum Gasteiger partial charge on any atom is 0.145 e. The van der Waals surface area contributed by atoms with E-state index in [1.807, 2.05) is 6.07 Å². The Hall–Kier alpha value is -2.25. The summed E-state index contributed by atoms with van der Waals surface area (Å²) in [6.45, 7) is 5.68. The van der Waals surface area contributed by atoms with E-state index in [9.17, 15) is 0 Å². The van der Waals surface area contributed by atoms with Crippen LogP contribution in [0.2, 0.25) is 0 Å². The quantitative estimate of drug-likeness (QED) is 0.775. The van der Waals surface area contributed by atoms with E-state index in [1.165, 1.54) is 0 Å². The Bertz CT molecular complexity index is 646. The summed E-state index contributed by atoms with van der Waals surface area (Å²) in [5.41, 5.74) is 1.67. The summed E-state index contributed by atoms with van der Waals surface area (Å²) in [5.74, 6) is 1.48. The Labute approximate surface area is 142 Å². The molecule has 0 aromatic carbocycles. The fourth-order valence-corrected chi connectivity index (χ4v) is 2.60. The summed E-state index contributed by atoms with van der Waals surface area (Å²) in [5, 5.41) is 3.34.